The van der Waals surface area contributed by atoms with Gasteiger partial charge in [0.1, 0.15) is 5.60 Å². The van der Waals surface area contributed by atoms with Crippen molar-refractivity contribution >= 4 is 21.9 Å². The first-order chi connectivity index (χ1) is 8.79. The van der Waals surface area contributed by atoms with Crippen LogP contribution >= 0.6 is 15.9 Å². The van der Waals surface area contributed by atoms with E-state index in [-0.39, 0.29) is 11.6 Å². The summed E-state index contributed by atoms with van der Waals surface area (Å²) in [6, 6.07) is 4.39. The number of nitrogens with zero attached hydrogens (tertiary/aromatic N) is 1. The van der Waals surface area contributed by atoms with E-state index in [0.717, 1.165) is 24.1 Å². The maximum Gasteiger partial charge on any atom is 0.303 e. The SMILES string of the molecule is CC(=O)OC1(C)CN(Cc2cc(C)c(Br)cc2C)C1. The Kier molecular flexibility index (Phi) is 4.02. The molecule has 1 aliphatic rings. The first-order valence-electron chi connectivity index (χ1n) is 6.47. The van der Waals surface area contributed by atoms with Crippen LogP contribution in [0.15, 0.2) is 16.6 Å². The van der Waals surface area contributed by atoms with Gasteiger partial charge in [0.15, 0.2) is 0 Å². The lowest BCUT2D eigenvalue weighted by Crippen LogP contribution is -2.61. The summed E-state index contributed by atoms with van der Waals surface area (Å²) in [5.41, 5.74) is 3.58. The number of carbonyl (C=O) groups excluding carboxylic acids is 1. The molecule has 0 N–H and O–H groups in total. The standard InChI is InChI=1S/C15H20BrNO2/c1-10-6-14(16)11(2)5-13(10)7-17-8-15(4,9-17)19-12(3)18/h5-6H,7-9H2,1-4H3. The van der Waals surface area contributed by atoms with Crippen LogP contribution in [0.25, 0.3) is 0 Å². The molecule has 1 aromatic rings. The lowest BCUT2D eigenvalue weighted by Gasteiger charge is -2.47. The number of likely N-dealkylation sites (tertiary alicyclic amines) is 1. The third-order valence-electron chi connectivity index (χ3n) is 3.52. The third kappa shape index (κ3) is 3.37. The van der Waals surface area contributed by atoms with Gasteiger partial charge in [0, 0.05) is 31.0 Å². The van der Waals surface area contributed by atoms with Crippen LogP contribution < -0.4 is 0 Å². The van der Waals surface area contributed by atoms with Crippen LogP contribution in [0.4, 0.5) is 0 Å². The van der Waals surface area contributed by atoms with Crippen molar-refractivity contribution in [2.75, 3.05) is 13.1 Å². The monoisotopic (exact) mass is 325 g/mol. The van der Waals surface area contributed by atoms with Gasteiger partial charge in [0.05, 0.1) is 0 Å². The van der Waals surface area contributed by atoms with Crippen LogP contribution in [0.3, 0.4) is 0 Å². The van der Waals surface area contributed by atoms with E-state index in [2.05, 4.69) is 46.8 Å². The number of hydrogen-bond acceptors (Lipinski definition) is 3. The topological polar surface area (TPSA) is 29.5 Å². The minimum absolute atomic E-state index is 0.196. The minimum Gasteiger partial charge on any atom is -0.457 e. The average Bonchev–Trinajstić information content (AvgIpc) is 2.22. The fourth-order valence-corrected chi connectivity index (χ4v) is 3.13. The number of ether oxygens (including phenoxy) is 1. The molecule has 0 aliphatic carbocycles. The molecular weight excluding hydrogens is 306 g/mol. The second kappa shape index (κ2) is 5.25. The van der Waals surface area contributed by atoms with E-state index in [9.17, 15) is 4.79 Å². The maximum atomic E-state index is 11.0. The molecule has 4 heteroatoms. The Hall–Kier alpha value is -0.870. The number of carbonyl (C=O) groups is 1. The van der Waals surface area contributed by atoms with E-state index in [1.807, 2.05) is 6.92 Å². The Balaban J connectivity index is 1.98. The predicted molar refractivity (Wildman–Crippen MR) is 79.1 cm³/mol. The summed E-state index contributed by atoms with van der Waals surface area (Å²) in [7, 11) is 0. The fraction of sp³-hybridized carbons (Fsp3) is 0.533. The Labute approximate surface area is 123 Å². The van der Waals surface area contributed by atoms with Gasteiger partial charge in [-0.05, 0) is 43.5 Å². The van der Waals surface area contributed by atoms with Gasteiger partial charge in [-0.3, -0.25) is 9.69 Å². The van der Waals surface area contributed by atoms with Crippen LogP contribution in [0.1, 0.15) is 30.5 Å². The van der Waals surface area contributed by atoms with Crippen molar-refractivity contribution in [1.82, 2.24) is 4.90 Å². The van der Waals surface area contributed by atoms with E-state index in [4.69, 9.17) is 4.74 Å². The van der Waals surface area contributed by atoms with Crippen LogP contribution in [0, 0.1) is 13.8 Å². The molecule has 1 heterocycles. The molecule has 2 rings (SSSR count). The van der Waals surface area contributed by atoms with E-state index in [0.29, 0.717) is 0 Å². The van der Waals surface area contributed by atoms with Gasteiger partial charge >= 0.3 is 5.97 Å². The van der Waals surface area contributed by atoms with Gasteiger partial charge in [0.2, 0.25) is 0 Å². The molecule has 1 saturated heterocycles. The van der Waals surface area contributed by atoms with Crippen molar-refractivity contribution in [3.05, 3.63) is 33.3 Å². The molecule has 19 heavy (non-hydrogen) atoms. The van der Waals surface area contributed by atoms with Crippen LogP contribution in [0.5, 0.6) is 0 Å². The largest absolute Gasteiger partial charge is 0.457 e. The zero-order chi connectivity index (χ0) is 14.2. The number of rotatable bonds is 3. The molecule has 0 unspecified atom stereocenters. The highest BCUT2D eigenvalue weighted by atomic mass is 79.9. The van der Waals surface area contributed by atoms with Gasteiger partial charge in [-0.2, -0.15) is 0 Å². The molecule has 0 bridgehead atoms. The van der Waals surface area contributed by atoms with Crippen LogP contribution in [0.2, 0.25) is 0 Å². The van der Waals surface area contributed by atoms with Crippen molar-refractivity contribution in [2.24, 2.45) is 0 Å². The van der Waals surface area contributed by atoms with Crippen molar-refractivity contribution in [2.45, 2.75) is 39.8 Å². The van der Waals surface area contributed by atoms with Crippen molar-refractivity contribution in [3.63, 3.8) is 0 Å². The normalized spacial score (nSPS) is 17.9. The fourth-order valence-electron chi connectivity index (χ4n) is 2.68. The summed E-state index contributed by atoms with van der Waals surface area (Å²) >= 11 is 3.55. The minimum atomic E-state index is -0.301. The van der Waals surface area contributed by atoms with Crippen molar-refractivity contribution in [1.29, 1.82) is 0 Å². The van der Waals surface area contributed by atoms with Gasteiger partial charge < -0.3 is 4.74 Å². The first-order valence-corrected chi connectivity index (χ1v) is 7.26. The number of hydrogen-bond donors (Lipinski definition) is 0. The maximum absolute atomic E-state index is 11.0. The van der Waals surface area contributed by atoms with Crippen LogP contribution in [-0.4, -0.2) is 29.6 Å². The molecule has 3 nitrogen and oxygen atoms in total. The molecule has 1 aromatic carbocycles. The Morgan fingerprint density at radius 3 is 2.58 bits per heavy atom. The molecule has 1 aliphatic heterocycles. The summed E-state index contributed by atoms with van der Waals surface area (Å²) in [5, 5.41) is 0. The van der Waals surface area contributed by atoms with E-state index in [1.165, 1.54) is 23.6 Å². The molecule has 0 aromatic heterocycles. The number of esters is 1. The van der Waals surface area contributed by atoms with E-state index >= 15 is 0 Å². The lowest BCUT2D eigenvalue weighted by atomic mass is 9.94. The molecule has 0 amide bonds. The summed E-state index contributed by atoms with van der Waals surface area (Å²) < 4.78 is 6.48. The zero-order valence-electron chi connectivity index (χ0n) is 11.9. The Morgan fingerprint density at radius 2 is 2.00 bits per heavy atom. The van der Waals surface area contributed by atoms with Gasteiger partial charge in [-0.15, -0.1) is 0 Å². The summed E-state index contributed by atoms with van der Waals surface area (Å²) in [5.74, 6) is -0.196. The highest BCUT2D eigenvalue weighted by molar-refractivity contribution is 9.10. The van der Waals surface area contributed by atoms with Crippen LogP contribution in [-0.2, 0) is 16.1 Å². The highest BCUT2D eigenvalue weighted by Gasteiger charge is 2.41. The number of halogens is 1. The molecule has 0 radical (unpaired) electrons. The second-order valence-corrected chi connectivity index (χ2v) is 6.57. The average molecular weight is 326 g/mol. The Morgan fingerprint density at radius 1 is 1.37 bits per heavy atom. The van der Waals surface area contributed by atoms with E-state index < -0.39 is 0 Å². The summed E-state index contributed by atoms with van der Waals surface area (Å²) in [6.45, 7) is 10.2. The van der Waals surface area contributed by atoms with Gasteiger partial charge in [-0.1, -0.05) is 22.0 Å². The number of benzene rings is 1. The van der Waals surface area contributed by atoms with Crippen molar-refractivity contribution in [3.8, 4) is 0 Å². The smallest absolute Gasteiger partial charge is 0.303 e. The molecule has 1 fully saturated rings. The first kappa shape index (κ1) is 14.5. The molecule has 0 spiro atoms. The summed E-state index contributed by atoms with van der Waals surface area (Å²) in [4.78, 5) is 13.3. The quantitative estimate of drug-likeness (QED) is 0.799. The highest BCUT2D eigenvalue weighted by Crippen LogP contribution is 2.28. The van der Waals surface area contributed by atoms with E-state index in [1.54, 1.807) is 0 Å². The predicted octanol–water partition coefficient (Wildman–Crippen LogP) is 3.20. The lowest BCUT2D eigenvalue weighted by molar-refractivity contribution is -0.174. The third-order valence-corrected chi connectivity index (χ3v) is 4.37. The molecule has 0 atom stereocenters. The summed E-state index contributed by atoms with van der Waals surface area (Å²) in [6.07, 6.45) is 0. The number of aryl methyl sites for hydroxylation is 2. The molecular formula is C15H20BrNO2. The van der Waals surface area contributed by atoms with Crippen molar-refractivity contribution < 1.29 is 9.53 Å². The van der Waals surface area contributed by atoms with Gasteiger partial charge in [-0.25, -0.2) is 0 Å². The molecule has 0 saturated carbocycles. The second-order valence-electron chi connectivity index (χ2n) is 5.72. The zero-order valence-corrected chi connectivity index (χ0v) is 13.5. The molecule has 104 valence electrons. The Bertz CT molecular complexity index is 507. The van der Waals surface area contributed by atoms with Gasteiger partial charge in [0.25, 0.3) is 0 Å².